The van der Waals surface area contributed by atoms with Gasteiger partial charge in [-0.2, -0.15) is 9.40 Å². The molecule has 1 aromatic carbocycles. The molecule has 122 valence electrons. The van der Waals surface area contributed by atoms with Crippen LogP contribution in [-0.2, 0) is 10.0 Å². The highest BCUT2D eigenvalue weighted by Crippen LogP contribution is 2.36. The Hall–Kier alpha value is -2.13. The van der Waals surface area contributed by atoms with Crippen LogP contribution < -0.4 is 9.47 Å². The zero-order valence-electron chi connectivity index (χ0n) is 12.5. The molecular formula is C14H16N4O4S. The molecule has 2 aromatic rings. The standard InChI is InChI=1S/C14H16N4O4S/c1-23(19,20)17-6-2-3-11(17)14-15-8-16-18(14)10-4-5-12-13(7-10)22-9-21-12/h4-5,7-8,11H,2-3,6,9H2,1H3/t11-/m0/s1. The Balaban J connectivity index is 1.74. The van der Waals surface area contributed by atoms with Crippen molar-refractivity contribution in [1.82, 2.24) is 19.1 Å². The number of hydrogen-bond acceptors (Lipinski definition) is 6. The molecule has 0 N–H and O–H groups in total. The van der Waals surface area contributed by atoms with Gasteiger partial charge in [0.1, 0.15) is 6.33 Å². The van der Waals surface area contributed by atoms with E-state index in [4.69, 9.17) is 9.47 Å². The number of benzene rings is 1. The summed E-state index contributed by atoms with van der Waals surface area (Å²) in [6.07, 6.45) is 4.22. The third-order valence-electron chi connectivity index (χ3n) is 4.10. The van der Waals surface area contributed by atoms with Gasteiger partial charge < -0.3 is 9.47 Å². The van der Waals surface area contributed by atoms with Crippen molar-refractivity contribution in [2.45, 2.75) is 18.9 Å². The van der Waals surface area contributed by atoms with Crippen LogP contribution in [-0.4, -0.2) is 47.1 Å². The van der Waals surface area contributed by atoms with Gasteiger partial charge >= 0.3 is 0 Å². The minimum atomic E-state index is -3.28. The molecule has 2 aliphatic heterocycles. The summed E-state index contributed by atoms with van der Waals surface area (Å²) in [7, 11) is -3.28. The van der Waals surface area contributed by atoms with E-state index in [2.05, 4.69) is 10.1 Å². The molecule has 8 nitrogen and oxygen atoms in total. The number of hydrogen-bond donors (Lipinski definition) is 0. The number of nitrogens with zero attached hydrogens (tertiary/aromatic N) is 4. The maximum absolute atomic E-state index is 12.0. The predicted molar refractivity (Wildman–Crippen MR) is 81.0 cm³/mol. The topological polar surface area (TPSA) is 86.6 Å². The molecule has 1 fully saturated rings. The molecule has 9 heteroatoms. The van der Waals surface area contributed by atoms with Crippen molar-refractivity contribution in [3.63, 3.8) is 0 Å². The summed E-state index contributed by atoms with van der Waals surface area (Å²) in [6, 6.07) is 5.19. The van der Waals surface area contributed by atoms with E-state index < -0.39 is 10.0 Å². The number of rotatable bonds is 3. The van der Waals surface area contributed by atoms with Crippen LogP contribution >= 0.6 is 0 Å². The molecule has 0 spiro atoms. The summed E-state index contributed by atoms with van der Waals surface area (Å²) < 4.78 is 37.8. The first-order valence-electron chi connectivity index (χ1n) is 7.31. The van der Waals surface area contributed by atoms with Gasteiger partial charge in [0, 0.05) is 12.6 Å². The molecule has 23 heavy (non-hydrogen) atoms. The fourth-order valence-corrected chi connectivity index (χ4v) is 4.21. The summed E-state index contributed by atoms with van der Waals surface area (Å²) in [6.45, 7) is 0.713. The summed E-state index contributed by atoms with van der Waals surface area (Å²) in [4.78, 5) is 4.31. The monoisotopic (exact) mass is 336 g/mol. The van der Waals surface area contributed by atoms with E-state index in [1.807, 2.05) is 18.2 Å². The zero-order chi connectivity index (χ0) is 16.0. The Morgan fingerprint density at radius 2 is 2.09 bits per heavy atom. The second-order valence-electron chi connectivity index (χ2n) is 5.60. The van der Waals surface area contributed by atoms with Crippen LogP contribution in [0.5, 0.6) is 11.5 Å². The molecule has 3 heterocycles. The number of fused-ring (bicyclic) bond motifs is 1. The predicted octanol–water partition coefficient (Wildman–Crippen LogP) is 1.09. The first-order valence-corrected chi connectivity index (χ1v) is 9.15. The van der Waals surface area contributed by atoms with Crippen molar-refractivity contribution in [2.24, 2.45) is 0 Å². The van der Waals surface area contributed by atoms with Gasteiger partial charge in [-0.25, -0.2) is 18.1 Å². The molecule has 1 aromatic heterocycles. The molecule has 0 saturated carbocycles. The van der Waals surface area contributed by atoms with E-state index in [-0.39, 0.29) is 12.8 Å². The third-order valence-corrected chi connectivity index (χ3v) is 5.39. The van der Waals surface area contributed by atoms with Crippen LogP contribution in [0.1, 0.15) is 24.7 Å². The van der Waals surface area contributed by atoms with Crippen LogP contribution in [0.25, 0.3) is 5.69 Å². The number of ether oxygens (including phenoxy) is 2. The molecule has 0 radical (unpaired) electrons. The number of sulfonamides is 1. The molecule has 0 unspecified atom stereocenters. The van der Waals surface area contributed by atoms with E-state index >= 15 is 0 Å². The molecule has 0 bridgehead atoms. The summed E-state index contributed by atoms with van der Waals surface area (Å²) in [5.41, 5.74) is 0.766. The molecule has 1 saturated heterocycles. The summed E-state index contributed by atoms with van der Waals surface area (Å²) in [5, 5.41) is 4.26. The largest absolute Gasteiger partial charge is 0.454 e. The fraction of sp³-hybridized carbons (Fsp3) is 0.429. The van der Waals surface area contributed by atoms with Crippen molar-refractivity contribution in [3.8, 4) is 17.2 Å². The van der Waals surface area contributed by atoms with E-state index in [1.165, 1.54) is 16.9 Å². The quantitative estimate of drug-likeness (QED) is 0.834. The number of aromatic nitrogens is 3. The smallest absolute Gasteiger partial charge is 0.231 e. The van der Waals surface area contributed by atoms with Gasteiger partial charge in [-0.15, -0.1) is 0 Å². The van der Waals surface area contributed by atoms with Gasteiger partial charge in [0.25, 0.3) is 0 Å². The van der Waals surface area contributed by atoms with Gasteiger partial charge in [0.2, 0.25) is 16.8 Å². The fourth-order valence-electron chi connectivity index (χ4n) is 3.09. The lowest BCUT2D eigenvalue weighted by Gasteiger charge is -2.21. The highest BCUT2D eigenvalue weighted by atomic mass is 32.2. The Bertz CT molecular complexity index is 848. The SMILES string of the molecule is CS(=O)(=O)N1CCC[C@H]1c1ncnn1-c1ccc2c(c1)OCO2. The highest BCUT2D eigenvalue weighted by Gasteiger charge is 2.35. The van der Waals surface area contributed by atoms with E-state index in [9.17, 15) is 8.42 Å². The van der Waals surface area contributed by atoms with Gasteiger partial charge in [-0.05, 0) is 25.0 Å². The molecule has 1 atom stereocenters. The second-order valence-corrected chi connectivity index (χ2v) is 7.53. The normalized spacial score (nSPS) is 21.0. The van der Waals surface area contributed by atoms with E-state index in [1.54, 1.807) is 4.68 Å². The van der Waals surface area contributed by atoms with Crippen molar-refractivity contribution in [1.29, 1.82) is 0 Å². The zero-order valence-corrected chi connectivity index (χ0v) is 13.4. The lowest BCUT2D eigenvalue weighted by atomic mass is 10.2. The van der Waals surface area contributed by atoms with E-state index in [0.717, 1.165) is 18.5 Å². The second kappa shape index (κ2) is 5.20. The van der Waals surface area contributed by atoms with E-state index in [0.29, 0.717) is 23.9 Å². The highest BCUT2D eigenvalue weighted by molar-refractivity contribution is 7.88. The lowest BCUT2D eigenvalue weighted by Crippen LogP contribution is -2.31. The average molecular weight is 336 g/mol. The van der Waals surface area contributed by atoms with Crippen molar-refractivity contribution < 1.29 is 17.9 Å². The average Bonchev–Trinajstić information content (AvgIpc) is 3.24. The minimum absolute atomic E-state index is 0.202. The van der Waals surface area contributed by atoms with Gasteiger partial charge in [0.05, 0.1) is 18.0 Å². The van der Waals surface area contributed by atoms with Gasteiger partial charge in [-0.1, -0.05) is 0 Å². The molecule has 0 aliphatic carbocycles. The molecule has 0 amide bonds. The van der Waals surface area contributed by atoms with Crippen LogP contribution in [0, 0.1) is 0 Å². The van der Waals surface area contributed by atoms with Crippen molar-refractivity contribution in [2.75, 3.05) is 19.6 Å². The summed E-state index contributed by atoms with van der Waals surface area (Å²) >= 11 is 0. The summed E-state index contributed by atoms with van der Waals surface area (Å²) in [5.74, 6) is 1.95. The van der Waals surface area contributed by atoms with Crippen molar-refractivity contribution >= 4 is 10.0 Å². The van der Waals surface area contributed by atoms with Crippen LogP contribution in [0.3, 0.4) is 0 Å². The van der Waals surface area contributed by atoms with Crippen LogP contribution in [0.4, 0.5) is 0 Å². The Kier molecular flexibility index (Phi) is 3.27. The van der Waals surface area contributed by atoms with Crippen LogP contribution in [0.2, 0.25) is 0 Å². The molecule has 4 rings (SSSR count). The Morgan fingerprint density at radius 3 is 2.91 bits per heavy atom. The minimum Gasteiger partial charge on any atom is -0.454 e. The van der Waals surface area contributed by atoms with Crippen LogP contribution in [0.15, 0.2) is 24.5 Å². The Labute approximate surface area is 133 Å². The maximum atomic E-state index is 12.0. The molecular weight excluding hydrogens is 320 g/mol. The van der Waals surface area contributed by atoms with Gasteiger partial charge in [0.15, 0.2) is 17.3 Å². The first kappa shape index (κ1) is 14.5. The third kappa shape index (κ3) is 2.45. The molecule has 2 aliphatic rings. The first-order chi connectivity index (χ1) is 11.0. The van der Waals surface area contributed by atoms with Crippen molar-refractivity contribution in [3.05, 3.63) is 30.4 Å². The Morgan fingerprint density at radius 1 is 1.26 bits per heavy atom. The maximum Gasteiger partial charge on any atom is 0.231 e. The lowest BCUT2D eigenvalue weighted by molar-refractivity contribution is 0.174. The van der Waals surface area contributed by atoms with Gasteiger partial charge in [-0.3, -0.25) is 0 Å².